The van der Waals surface area contributed by atoms with Gasteiger partial charge in [0, 0.05) is 30.5 Å². The second-order valence-corrected chi connectivity index (χ2v) is 8.49. The normalized spacial score (nSPS) is 19.7. The number of hydrogen-bond acceptors (Lipinski definition) is 5. The molecule has 1 aliphatic carbocycles. The predicted octanol–water partition coefficient (Wildman–Crippen LogP) is 3.97. The summed E-state index contributed by atoms with van der Waals surface area (Å²) in [5.74, 6) is 1.17. The Kier molecular flexibility index (Phi) is 6.60. The predicted molar refractivity (Wildman–Crippen MR) is 112 cm³/mol. The number of aromatic nitrogens is 2. The molecule has 0 unspecified atom stereocenters. The molecule has 2 fully saturated rings. The first-order valence-electron chi connectivity index (χ1n) is 11.1. The third kappa shape index (κ3) is 5.04. The number of rotatable bonds is 7. The van der Waals surface area contributed by atoms with E-state index >= 15 is 0 Å². The van der Waals surface area contributed by atoms with Crippen molar-refractivity contribution in [3.05, 3.63) is 36.2 Å². The molecule has 6 nitrogen and oxygen atoms in total. The Balaban J connectivity index is 1.29. The first-order valence-corrected chi connectivity index (χ1v) is 11.1. The molecule has 0 bridgehead atoms. The van der Waals surface area contributed by atoms with Gasteiger partial charge in [-0.3, -0.25) is 9.69 Å². The number of benzene rings is 1. The van der Waals surface area contributed by atoms with Gasteiger partial charge in [0.1, 0.15) is 0 Å². The molecular weight excluding hydrogens is 364 g/mol. The summed E-state index contributed by atoms with van der Waals surface area (Å²) in [7, 11) is 0. The van der Waals surface area contributed by atoms with Crippen LogP contribution in [0, 0.1) is 0 Å². The summed E-state index contributed by atoms with van der Waals surface area (Å²) in [5.41, 5.74) is 1.09. The fourth-order valence-corrected chi connectivity index (χ4v) is 4.82. The van der Waals surface area contributed by atoms with Crippen molar-refractivity contribution in [2.24, 2.45) is 0 Å². The van der Waals surface area contributed by atoms with Crippen LogP contribution in [0.5, 0.6) is 0 Å². The van der Waals surface area contributed by atoms with Crippen LogP contribution in [0.1, 0.15) is 63.7 Å². The van der Waals surface area contributed by atoms with Crippen molar-refractivity contribution in [2.75, 3.05) is 19.6 Å². The minimum atomic E-state index is 0.0754. The number of hydrogen-bond donors (Lipinski definition) is 1. The summed E-state index contributed by atoms with van der Waals surface area (Å²) in [6, 6.07) is 9.75. The van der Waals surface area contributed by atoms with E-state index in [9.17, 15) is 4.79 Å². The van der Waals surface area contributed by atoms with Gasteiger partial charge in [-0.2, -0.15) is 4.98 Å². The number of likely N-dealkylation sites (tertiary alicyclic amines) is 1. The van der Waals surface area contributed by atoms with Crippen LogP contribution in [0.3, 0.4) is 0 Å². The summed E-state index contributed by atoms with van der Waals surface area (Å²) in [6.45, 7) is 3.13. The molecule has 4 rings (SSSR count). The molecule has 156 valence electrons. The SMILES string of the molecule is O=C(CCc1nc(-c2ccccc2)no1)NCC1(N2CCCCC2)CCCCC1. The number of piperidine rings is 1. The lowest BCUT2D eigenvalue weighted by Gasteiger charge is -2.48. The van der Waals surface area contributed by atoms with Gasteiger partial charge < -0.3 is 9.84 Å². The average Bonchev–Trinajstić information content (AvgIpc) is 3.27. The van der Waals surface area contributed by atoms with Crippen LogP contribution < -0.4 is 5.32 Å². The van der Waals surface area contributed by atoms with Crippen molar-refractivity contribution in [2.45, 2.75) is 69.7 Å². The van der Waals surface area contributed by atoms with E-state index in [1.165, 1.54) is 64.5 Å². The number of amides is 1. The summed E-state index contributed by atoms with van der Waals surface area (Å²) in [4.78, 5) is 19.6. The van der Waals surface area contributed by atoms with Crippen LogP contribution >= 0.6 is 0 Å². The number of carbonyl (C=O) groups excluding carboxylic acids is 1. The van der Waals surface area contributed by atoms with Crippen molar-refractivity contribution in [1.29, 1.82) is 0 Å². The van der Waals surface area contributed by atoms with Crippen LogP contribution in [-0.4, -0.2) is 46.1 Å². The minimum Gasteiger partial charge on any atom is -0.354 e. The lowest BCUT2D eigenvalue weighted by molar-refractivity contribution is -0.122. The van der Waals surface area contributed by atoms with E-state index in [1.807, 2.05) is 30.3 Å². The molecule has 0 atom stereocenters. The van der Waals surface area contributed by atoms with Gasteiger partial charge in [0.2, 0.25) is 17.6 Å². The largest absolute Gasteiger partial charge is 0.354 e. The summed E-state index contributed by atoms with van der Waals surface area (Å²) >= 11 is 0. The molecule has 2 aromatic rings. The van der Waals surface area contributed by atoms with E-state index in [-0.39, 0.29) is 11.4 Å². The van der Waals surface area contributed by atoms with Crippen LogP contribution in [0.4, 0.5) is 0 Å². The molecular formula is C23H32N4O2. The highest BCUT2D eigenvalue weighted by Crippen LogP contribution is 2.35. The topological polar surface area (TPSA) is 71.3 Å². The average molecular weight is 397 g/mol. The quantitative estimate of drug-likeness (QED) is 0.767. The first kappa shape index (κ1) is 20.1. The number of nitrogens with zero attached hydrogens (tertiary/aromatic N) is 3. The van der Waals surface area contributed by atoms with Gasteiger partial charge in [0.15, 0.2) is 0 Å². The van der Waals surface area contributed by atoms with Crippen molar-refractivity contribution in [3.63, 3.8) is 0 Å². The Morgan fingerprint density at radius 2 is 1.76 bits per heavy atom. The third-order valence-corrected chi connectivity index (χ3v) is 6.49. The number of aryl methyl sites for hydroxylation is 1. The molecule has 1 saturated carbocycles. The zero-order valence-corrected chi connectivity index (χ0v) is 17.2. The molecule has 1 aliphatic heterocycles. The molecule has 29 heavy (non-hydrogen) atoms. The van der Waals surface area contributed by atoms with Crippen molar-refractivity contribution in [1.82, 2.24) is 20.4 Å². The van der Waals surface area contributed by atoms with E-state index in [1.54, 1.807) is 0 Å². The zero-order chi connectivity index (χ0) is 19.9. The summed E-state index contributed by atoms with van der Waals surface area (Å²) in [6.07, 6.45) is 11.1. The van der Waals surface area contributed by atoms with Crippen LogP contribution in [0.25, 0.3) is 11.4 Å². The van der Waals surface area contributed by atoms with Crippen LogP contribution in [0.15, 0.2) is 34.9 Å². The molecule has 1 aromatic carbocycles. The fraction of sp³-hybridized carbons (Fsp3) is 0.609. The van der Waals surface area contributed by atoms with E-state index in [0.717, 1.165) is 12.1 Å². The van der Waals surface area contributed by atoms with E-state index in [2.05, 4.69) is 20.4 Å². The van der Waals surface area contributed by atoms with Gasteiger partial charge in [0.05, 0.1) is 0 Å². The highest BCUT2D eigenvalue weighted by molar-refractivity contribution is 5.76. The Labute approximate surface area is 173 Å². The summed E-state index contributed by atoms with van der Waals surface area (Å²) < 4.78 is 5.33. The molecule has 1 saturated heterocycles. The molecule has 2 aliphatic rings. The first-order chi connectivity index (χ1) is 14.3. The molecule has 2 heterocycles. The van der Waals surface area contributed by atoms with Gasteiger partial charge in [-0.25, -0.2) is 0 Å². The monoisotopic (exact) mass is 396 g/mol. The molecule has 6 heteroatoms. The van der Waals surface area contributed by atoms with Gasteiger partial charge in [-0.1, -0.05) is 61.2 Å². The molecule has 0 radical (unpaired) electrons. The standard InChI is InChI=1S/C23H32N4O2/c28-20(12-13-21-25-22(26-29-21)19-10-4-1-5-11-19)24-18-23(14-6-2-7-15-23)27-16-8-3-9-17-27/h1,4-5,10-11H,2-3,6-9,12-18H2,(H,24,28). The molecule has 0 spiro atoms. The lowest BCUT2D eigenvalue weighted by Crippen LogP contribution is -2.58. The lowest BCUT2D eigenvalue weighted by atomic mass is 9.79. The third-order valence-electron chi connectivity index (χ3n) is 6.49. The fourth-order valence-electron chi connectivity index (χ4n) is 4.82. The van der Waals surface area contributed by atoms with Gasteiger partial charge in [-0.05, 0) is 38.8 Å². The van der Waals surface area contributed by atoms with Crippen LogP contribution in [0.2, 0.25) is 0 Å². The Morgan fingerprint density at radius 3 is 2.52 bits per heavy atom. The smallest absolute Gasteiger partial charge is 0.227 e. The number of nitrogens with one attached hydrogen (secondary N) is 1. The van der Waals surface area contributed by atoms with E-state index in [0.29, 0.717) is 24.6 Å². The Hall–Kier alpha value is -2.21. The highest BCUT2D eigenvalue weighted by Gasteiger charge is 2.38. The second-order valence-electron chi connectivity index (χ2n) is 8.49. The maximum absolute atomic E-state index is 12.5. The Morgan fingerprint density at radius 1 is 1.03 bits per heavy atom. The second kappa shape index (κ2) is 9.53. The van der Waals surface area contributed by atoms with Gasteiger partial charge in [-0.15, -0.1) is 0 Å². The van der Waals surface area contributed by atoms with Crippen molar-refractivity contribution >= 4 is 5.91 Å². The highest BCUT2D eigenvalue weighted by atomic mass is 16.5. The van der Waals surface area contributed by atoms with Crippen LogP contribution in [-0.2, 0) is 11.2 Å². The Bertz CT molecular complexity index is 777. The molecule has 1 N–H and O–H groups in total. The van der Waals surface area contributed by atoms with Crippen molar-refractivity contribution in [3.8, 4) is 11.4 Å². The maximum Gasteiger partial charge on any atom is 0.227 e. The van der Waals surface area contributed by atoms with Crippen molar-refractivity contribution < 1.29 is 9.32 Å². The number of carbonyl (C=O) groups is 1. The van der Waals surface area contributed by atoms with Gasteiger partial charge >= 0.3 is 0 Å². The van der Waals surface area contributed by atoms with E-state index in [4.69, 9.17) is 4.52 Å². The maximum atomic E-state index is 12.5. The minimum absolute atomic E-state index is 0.0754. The zero-order valence-electron chi connectivity index (χ0n) is 17.2. The molecule has 1 amide bonds. The van der Waals surface area contributed by atoms with E-state index < -0.39 is 0 Å². The molecule has 1 aromatic heterocycles. The summed E-state index contributed by atoms with van der Waals surface area (Å²) in [5, 5.41) is 7.26. The van der Waals surface area contributed by atoms with Gasteiger partial charge in [0.25, 0.3) is 0 Å².